The molecule has 4 rings (SSSR count). The van der Waals surface area contributed by atoms with Crippen molar-refractivity contribution in [3.8, 4) is 0 Å². The predicted octanol–water partition coefficient (Wildman–Crippen LogP) is 4.06. The Morgan fingerprint density at radius 3 is 2.08 bits per heavy atom. The smallest absolute Gasteiger partial charge is 0.232 e. The van der Waals surface area contributed by atoms with Crippen LogP contribution in [0.4, 0.5) is 0 Å². The van der Waals surface area contributed by atoms with Gasteiger partial charge in [-0.1, -0.05) is 60.7 Å². The van der Waals surface area contributed by atoms with Crippen molar-refractivity contribution in [2.75, 3.05) is 0 Å². The standard InChI is InChI=1S/C21H18N2O2S/c24-26(25,18-11-5-2-6-12-18)23-20-14-8-7-13-19(20)22-21(23)16-15-17-9-3-1-4-10-17/h1-14H,15-16H2. The Balaban J connectivity index is 1.82. The van der Waals surface area contributed by atoms with Gasteiger partial charge in [0.1, 0.15) is 5.82 Å². The molecule has 130 valence electrons. The van der Waals surface area contributed by atoms with Crippen LogP contribution in [0.3, 0.4) is 0 Å². The third-order valence-corrected chi connectivity index (χ3v) is 6.10. The van der Waals surface area contributed by atoms with Crippen LogP contribution in [0.25, 0.3) is 11.0 Å². The molecule has 1 aromatic heterocycles. The minimum atomic E-state index is -3.70. The highest BCUT2D eigenvalue weighted by Crippen LogP contribution is 2.24. The minimum absolute atomic E-state index is 0.268. The van der Waals surface area contributed by atoms with Crippen LogP contribution in [-0.2, 0) is 22.9 Å². The molecule has 0 radical (unpaired) electrons. The summed E-state index contributed by atoms with van der Waals surface area (Å²) >= 11 is 0. The third kappa shape index (κ3) is 3.02. The zero-order valence-corrected chi connectivity index (χ0v) is 14.9. The number of para-hydroxylation sites is 2. The topological polar surface area (TPSA) is 52.0 Å². The number of aryl methyl sites for hydroxylation is 2. The van der Waals surface area contributed by atoms with Crippen LogP contribution in [-0.4, -0.2) is 17.4 Å². The molecule has 4 nitrogen and oxygen atoms in total. The number of hydrogen-bond donors (Lipinski definition) is 0. The maximum atomic E-state index is 13.3. The van der Waals surface area contributed by atoms with E-state index >= 15 is 0 Å². The lowest BCUT2D eigenvalue weighted by Gasteiger charge is -2.10. The monoisotopic (exact) mass is 362 g/mol. The Morgan fingerprint density at radius 1 is 0.731 bits per heavy atom. The van der Waals surface area contributed by atoms with Crippen molar-refractivity contribution in [2.24, 2.45) is 0 Å². The Labute approximate surface area is 152 Å². The van der Waals surface area contributed by atoms with E-state index in [0.717, 1.165) is 12.0 Å². The van der Waals surface area contributed by atoms with Gasteiger partial charge in [0.25, 0.3) is 10.0 Å². The lowest BCUT2D eigenvalue weighted by molar-refractivity contribution is 0.585. The summed E-state index contributed by atoms with van der Waals surface area (Å²) in [6.07, 6.45) is 1.28. The molecule has 0 amide bonds. The SMILES string of the molecule is O=S(=O)(c1ccccc1)n1c(CCc2ccccc2)nc2ccccc21. The molecule has 0 bridgehead atoms. The van der Waals surface area contributed by atoms with Crippen LogP contribution in [0.5, 0.6) is 0 Å². The van der Waals surface area contributed by atoms with E-state index in [1.807, 2.05) is 48.5 Å². The van der Waals surface area contributed by atoms with E-state index in [4.69, 9.17) is 0 Å². The molecular weight excluding hydrogens is 344 g/mol. The van der Waals surface area contributed by atoms with Crippen LogP contribution < -0.4 is 0 Å². The molecule has 1 heterocycles. The molecule has 0 saturated heterocycles. The molecule has 0 aliphatic carbocycles. The minimum Gasteiger partial charge on any atom is -0.232 e. The molecular formula is C21H18N2O2S. The summed E-state index contributed by atoms with van der Waals surface area (Å²) < 4.78 is 27.9. The van der Waals surface area contributed by atoms with E-state index < -0.39 is 10.0 Å². The van der Waals surface area contributed by atoms with Crippen molar-refractivity contribution in [1.82, 2.24) is 8.96 Å². The van der Waals surface area contributed by atoms with Crippen molar-refractivity contribution in [2.45, 2.75) is 17.7 Å². The largest absolute Gasteiger partial charge is 0.269 e. The second kappa shape index (κ2) is 6.77. The quantitative estimate of drug-likeness (QED) is 0.538. The summed E-state index contributed by atoms with van der Waals surface area (Å²) in [5.41, 5.74) is 2.46. The fraction of sp³-hybridized carbons (Fsp3) is 0.0952. The fourth-order valence-corrected chi connectivity index (χ4v) is 4.61. The predicted molar refractivity (Wildman–Crippen MR) is 103 cm³/mol. The molecule has 0 atom stereocenters. The molecule has 0 saturated carbocycles. The lowest BCUT2D eigenvalue weighted by Crippen LogP contribution is -2.16. The number of imidazole rings is 1. The zero-order chi connectivity index (χ0) is 18.0. The number of rotatable bonds is 5. The van der Waals surface area contributed by atoms with E-state index in [1.165, 1.54) is 3.97 Å². The van der Waals surface area contributed by atoms with Crippen molar-refractivity contribution in [1.29, 1.82) is 0 Å². The third-order valence-electron chi connectivity index (χ3n) is 4.35. The molecule has 0 unspecified atom stereocenters. The molecule has 0 fully saturated rings. The van der Waals surface area contributed by atoms with E-state index in [9.17, 15) is 8.42 Å². The van der Waals surface area contributed by atoms with Gasteiger partial charge in [0.2, 0.25) is 0 Å². The molecule has 0 aliphatic heterocycles. The van der Waals surface area contributed by atoms with Gasteiger partial charge >= 0.3 is 0 Å². The summed E-state index contributed by atoms with van der Waals surface area (Å²) in [4.78, 5) is 4.87. The van der Waals surface area contributed by atoms with Gasteiger partial charge in [0.05, 0.1) is 15.9 Å². The number of nitrogens with zero attached hydrogens (tertiary/aromatic N) is 2. The van der Waals surface area contributed by atoms with Gasteiger partial charge < -0.3 is 0 Å². The number of benzene rings is 3. The number of fused-ring (bicyclic) bond motifs is 1. The Morgan fingerprint density at radius 2 is 1.35 bits per heavy atom. The first-order valence-electron chi connectivity index (χ1n) is 8.47. The molecule has 0 spiro atoms. The second-order valence-electron chi connectivity index (χ2n) is 6.08. The average molecular weight is 362 g/mol. The van der Waals surface area contributed by atoms with Gasteiger partial charge in [-0.15, -0.1) is 0 Å². The van der Waals surface area contributed by atoms with Crippen LogP contribution in [0.1, 0.15) is 11.4 Å². The highest BCUT2D eigenvalue weighted by molar-refractivity contribution is 7.90. The summed E-state index contributed by atoms with van der Waals surface area (Å²) in [7, 11) is -3.70. The van der Waals surface area contributed by atoms with Crippen LogP contribution in [0, 0.1) is 0 Å². The normalized spacial score (nSPS) is 11.7. The lowest BCUT2D eigenvalue weighted by atomic mass is 10.1. The summed E-state index contributed by atoms with van der Waals surface area (Å²) in [5.74, 6) is 0.555. The molecule has 26 heavy (non-hydrogen) atoms. The first-order chi connectivity index (χ1) is 12.7. The van der Waals surface area contributed by atoms with Gasteiger partial charge in [-0.3, -0.25) is 0 Å². The van der Waals surface area contributed by atoms with Crippen LogP contribution in [0.2, 0.25) is 0 Å². The van der Waals surface area contributed by atoms with Gasteiger partial charge in [0, 0.05) is 6.42 Å². The zero-order valence-electron chi connectivity index (χ0n) is 14.1. The molecule has 0 N–H and O–H groups in total. The van der Waals surface area contributed by atoms with E-state index in [2.05, 4.69) is 4.98 Å². The molecule has 0 aliphatic rings. The highest BCUT2D eigenvalue weighted by atomic mass is 32.2. The average Bonchev–Trinajstić information content (AvgIpc) is 3.07. The van der Waals surface area contributed by atoms with Crippen molar-refractivity contribution >= 4 is 21.1 Å². The van der Waals surface area contributed by atoms with E-state index in [0.29, 0.717) is 23.3 Å². The Kier molecular flexibility index (Phi) is 4.31. The van der Waals surface area contributed by atoms with E-state index in [1.54, 1.807) is 36.4 Å². The van der Waals surface area contributed by atoms with Crippen molar-refractivity contribution in [3.63, 3.8) is 0 Å². The first kappa shape index (κ1) is 16.5. The van der Waals surface area contributed by atoms with Gasteiger partial charge in [0.15, 0.2) is 0 Å². The van der Waals surface area contributed by atoms with Crippen molar-refractivity contribution in [3.05, 3.63) is 96.3 Å². The van der Waals surface area contributed by atoms with Gasteiger partial charge in [-0.25, -0.2) is 17.4 Å². The second-order valence-corrected chi connectivity index (χ2v) is 7.87. The highest BCUT2D eigenvalue weighted by Gasteiger charge is 2.23. The molecule has 4 aromatic rings. The Hall–Kier alpha value is -2.92. The molecule has 5 heteroatoms. The number of aromatic nitrogens is 2. The van der Waals surface area contributed by atoms with Crippen LogP contribution in [0.15, 0.2) is 89.8 Å². The fourth-order valence-electron chi connectivity index (χ4n) is 3.08. The first-order valence-corrected chi connectivity index (χ1v) is 9.91. The molecule has 3 aromatic carbocycles. The van der Waals surface area contributed by atoms with Gasteiger partial charge in [-0.05, 0) is 36.2 Å². The summed E-state index contributed by atoms with van der Waals surface area (Å²) in [6.45, 7) is 0. The maximum absolute atomic E-state index is 13.3. The summed E-state index contributed by atoms with van der Waals surface area (Å²) in [6, 6.07) is 25.9. The van der Waals surface area contributed by atoms with Gasteiger partial charge in [-0.2, -0.15) is 0 Å². The number of hydrogen-bond acceptors (Lipinski definition) is 3. The van der Waals surface area contributed by atoms with Crippen molar-refractivity contribution < 1.29 is 8.42 Å². The maximum Gasteiger partial charge on any atom is 0.269 e. The Bertz CT molecular complexity index is 1130. The summed E-state index contributed by atoms with van der Waals surface area (Å²) in [5, 5.41) is 0. The van der Waals surface area contributed by atoms with Crippen LogP contribution >= 0.6 is 0 Å². The van der Waals surface area contributed by atoms with E-state index in [-0.39, 0.29) is 4.90 Å².